The monoisotopic (exact) mass is 230 g/mol. The molecule has 1 aromatic rings. The van der Waals surface area contributed by atoms with E-state index in [1.54, 1.807) is 0 Å². The Labute approximate surface area is 105 Å². The lowest BCUT2D eigenvalue weighted by molar-refractivity contribution is 0.299. The van der Waals surface area contributed by atoms with Crippen LogP contribution >= 0.6 is 0 Å². The molecular formula is C15H22N2. The second-order valence-corrected chi connectivity index (χ2v) is 4.27. The van der Waals surface area contributed by atoms with Crippen molar-refractivity contribution in [3.63, 3.8) is 0 Å². The average molecular weight is 230 g/mol. The van der Waals surface area contributed by atoms with Crippen molar-refractivity contribution >= 4 is 0 Å². The zero-order valence-electron chi connectivity index (χ0n) is 10.9. The molecule has 0 aromatic heterocycles. The van der Waals surface area contributed by atoms with E-state index in [2.05, 4.69) is 47.3 Å². The van der Waals surface area contributed by atoms with Crippen LogP contribution in [0.2, 0.25) is 0 Å². The highest BCUT2D eigenvalue weighted by molar-refractivity contribution is 5.23. The van der Waals surface area contributed by atoms with Gasteiger partial charge >= 0.3 is 0 Å². The van der Waals surface area contributed by atoms with Crippen LogP contribution in [-0.4, -0.2) is 25.0 Å². The van der Waals surface area contributed by atoms with Gasteiger partial charge in [0.25, 0.3) is 0 Å². The molecule has 0 radical (unpaired) electrons. The molecule has 0 saturated carbocycles. The van der Waals surface area contributed by atoms with Gasteiger partial charge in [-0.3, -0.25) is 4.90 Å². The summed E-state index contributed by atoms with van der Waals surface area (Å²) in [5.74, 6) is 2.73. The minimum absolute atomic E-state index is 0.726. The number of hydrogen-bond acceptors (Lipinski definition) is 2. The molecule has 2 nitrogen and oxygen atoms in total. The Morgan fingerprint density at radius 2 is 2.12 bits per heavy atom. The molecule has 0 heterocycles. The fraction of sp³-hybridized carbons (Fsp3) is 0.467. The molecule has 1 rings (SSSR count). The molecule has 2 heteroatoms. The first kappa shape index (κ1) is 13.8. The number of hydrogen-bond donors (Lipinski definition) is 1. The first-order chi connectivity index (χ1) is 8.30. The summed E-state index contributed by atoms with van der Waals surface area (Å²) in [5.41, 5.74) is 2.66. The molecule has 0 atom stereocenters. The van der Waals surface area contributed by atoms with E-state index >= 15 is 0 Å². The van der Waals surface area contributed by atoms with Crippen LogP contribution in [0.5, 0.6) is 0 Å². The van der Waals surface area contributed by atoms with Crippen molar-refractivity contribution in [1.29, 1.82) is 0 Å². The molecular weight excluding hydrogens is 208 g/mol. The SMILES string of the molecule is C#CCN(CCC)Cc1cccc(CNC)c1. The van der Waals surface area contributed by atoms with E-state index in [9.17, 15) is 0 Å². The molecule has 0 aliphatic heterocycles. The normalized spacial score (nSPS) is 10.5. The quantitative estimate of drug-likeness (QED) is 0.723. The zero-order chi connectivity index (χ0) is 12.5. The maximum atomic E-state index is 5.39. The lowest BCUT2D eigenvalue weighted by Gasteiger charge is -2.19. The van der Waals surface area contributed by atoms with Crippen LogP contribution in [0.25, 0.3) is 0 Å². The van der Waals surface area contributed by atoms with E-state index in [4.69, 9.17) is 6.42 Å². The maximum Gasteiger partial charge on any atom is 0.0601 e. The van der Waals surface area contributed by atoms with Gasteiger partial charge in [0.05, 0.1) is 6.54 Å². The highest BCUT2D eigenvalue weighted by Gasteiger charge is 2.03. The van der Waals surface area contributed by atoms with E-state index in [-0.39, 0.29) is 0 Å². The van der Waals surface area contributed by atoms with Crippen LogP contribution in [0.4, 0.5) is 0 Å². The second-order valence-electron chi connectivity index (χ2n) is 4.27. The summed E-state index contributed by atoms with van der Waals surface area (Å²) in [6.07, 6.45) is 6.53. The van der Waals surface area contributed by atoms with Gasteiger partial charge in [-0.25, -0.2) is 0 Å². The highest BCUT2D eigenvalue weighted by atomic mass is 15.1. The number of terminal acetylenes is 1. The van der Waals surface area contributed by atoms with E-state index in [0.29, 0.717) is 0 Å². The molecule has 0 bridgehead atoms. The van der Waals surface area contributed by atoms with Gasteiger partial charge in [0.15, 0.2) is 0 Å². The molecule has 92 valence electrons. The fourth-order valence-electron chi connectivity index (χ4n) is 1.96. The number of nitrogens with one attached hydrogen (secondary N) is 1. The van der Waals surface area contributed by atoms with Crippen molar-refractivity contribution in [1.82, 2.24) is 10.2 Å². The molecule has 1 aromatic carbocycles. The molecule has 0 unspecified atom stereocenters. The minimum atomic E-state index is 0.726. The number of rotatable bonds is 7. The van der Waals surface area contributed by atoms with Crippen molar-refractivity contribution in [2.24, 2.45) is 0 Å². The third kappa shape index (κ3) is 5.04. The Balaban J connectivity index is 2.64. The largest absolute Gasteiger partial charge is 0.316 e. The summed E-state index contributed by atoms with van der Waals surface area (Å²) >= 11 is 0. The van der Waals surface area contributed by atoms with Crippen molar-refractivity contribution in [2.75, 3.05) is 20.1 Å². The lowest BCUT2D eigenvalue weighted by Crippen LogP contribution is -2.24. The van der Waals surface area contributed by atoms with Crippen molar-refractivity contribution in [2.45, 2.75) is 26.4 Å². The van der Waals surface area contributed by atoms with Gasteiger partial charge in [-0.2, -0.15) is 0 Å². The predicted molar refractivity (Wildman–Crippen MR) is 73.6 cm³/mol. The topological polar surface area (TPSA) is 15.3 Å². The van der Waals surface area contributed by atoms with Gasteiger partial charge < -0.3 is 5.32 Å². The summed E-state index contributed by atoms with van der Waals surface area (Å²) in [7, 11) is 1.97. The molecule has 0 saturated heterocycles. The summed E-state index contributed by atoms with van der Waals surface area (Å²) in [5, 5.41) is 3.17. The summed E-state index contributed by atoms with van der Waals surface area (Å²) < 4.78 is 0. The van der Waals surface area contributed by atoms with Crippen LogP contribution < -0.4 is 5.32 Å². The molecule has 0 spiro atoms. The van der Waals surface area contributed by atoms with Crippen molar-refractivity contribution in [3.05, 3.63) is 35.4 Å². The van der Waals surface area contributed by atoms with Crippen LogP contribution in [0, 0.1) is 12.3 Å². The van der Waals surface area contributed by atoms with Gasteiger partial charge in [-0.1, -0.05) is 37.1 Å². The third-order valence-electron chi connectivity index (χ3n) is 2.63. The Kier molecular flexibility index (Phi) is 6.39. The first-order valence-electron chi connectivity index (χ1n) is 6.18. The van der Waals surface area contributed by atoms with Gasteiger partial charge in [-0.05, 0) is 31.1 Å². The zero-order valence-corrected chi connectivity index (χ0v) is 10.9. The Bertz CT molecular complexity index is 365. The Morgan fingerprint density at radius 1 is 1.35 bits per heavy atom. The van der Waals surface area contributed by atoms with Crippen molar-refractivity contribution in [3.8, 4) is 12.3 Å². The van der Waals surface area contributed by atoms with E-state index < -0.39 is 0 Å². The van der Waals surface area contributed by atoms with Gasteiger partial charge in [-0.15, -0.1) is 6.42 Å². The first-order valence-corrected chi connectivity index (χ1v) is 6.18. The molecule has 17 heavy (non-hydrogen) atoms. The minimum Gasteiger partial charge on any atom is -0.316 e. The molecule has 0 aliphatic rings. The van der Waals surface area contributed by atoms with Crippen molar-refractivity contribution < 1.29 is 0 Å². The second kappa shape index (κ2) is 7.89. The lowest BCUT2D eigenvalue weighted by atomic mass is 10.1. The summed E-state index contributed by atoms with van der Waals surface area (Å²) in [6.45, 7) is 5.82. The standard InChI is InChI=1S/C15H22N2/c1-4-9-17(10-5-2)13-15-8-6-7-14(11-15)12-16-3/h1,6-8,11,16H,5,9-10,12-13H2,2-3H3. The fourth-order valence-corrected chi connectivity index (χ4v) is 1.96. The van der Waals surface area contributed by atoms with Gasteiger partial charge in [0.1, 0.15) is 0 Å². The Morgan fingerprint density at radius 3 is 2.76 bits per heavy atom. The average Bonchev–Trinajstić information content (AvgIpc) is 2.30. The van der Waals surface area contributed by atoms with Crippen LogP contribution in [0.15, 0.2) is 24.3 Å². The molecule has 0 amide bonds. The Hall–Kier alpha value is -1.30. The smallest absolute Gasteiger partial charge is 0.0601 e. The van der Waals surface area contributed by atoms with Crippen LogP contribution in [-0.2, 0) is 13.1 Å². The predicted octanol–water partition coefficient (Wildman–Crippen LogP) is 2.25. The molecule has 1 N–H and O–H groups in total. The van der Waals surface area contributed by atoms with E-state index in [1.807, 2.05) is 7.05 Å². The number of nitrogens with zero attached hydrogens (tertiary/aromatic N) is 1. The highest BCUT2D eigenvalue weighted by Crippen LogP contribution is 2.08. The number of benzene rings is 1. The maximum absolute atomic E-state index is 5.39. The molecule has 0 aliphatic carbocycles. The molecule has 0 fully saturated rings. The van der Waals surface area contributed by atoms with Crippen LogP contribution in [0.1, 0.15) is 24.5 Å². The summed E-state index contributed by atoms with van der Waals surface area (Å²) in [4.78, 5) is 2.30. The van der Waals surface area contributed by atoms with E-state index in [1.165, 1.54) is 11.1 Å². The van der Waals surface area contributed by atoms with Crippen LogP contribution in [0.3, 0.4) is 0 Å². The van der Waals surface area contributed by atoms with E-state index in [0.717, 1.165) is 32.6 Å². The van der Waals surface area contributed by atoms with Gasteiger partial charge in [0.2, 0.25) is 0 Å². The third-order valence-corrected chi connectivity index (χ3v) is 2.63. The van der Waals surface area contributed by atoms with Gasteiger partial charge in [0, 0.05) is 13.1 Å². The summed E-state index contributed by atoms with van der Waals surface area (Å²) in [6, 6.07) is 8.67.